The van der Waals surface area contributed by atoms with E-state index in [0.29, 0.717) is 0 Å². The Morgan fingerprint density at radius 3 is 2.75 bits per heavy atom. The van der Waals surface area contributed by atoms with Crippen LogP contribution in [0.5, 0.6) is 0 Å². The third-order valence-electron chi connectivity index (χ3n) is 3.11. The fourth-order valence-electron chi connectivity index (χ4n) is 2.17. The van der Waals surface area contributed by atoms with Crippen molar-refractivity contribution in [3.63, 3.8) is 0 Å². The van der Waals surface area contributed by atoms with E-state index in [-0.39, 0.29) is 5.54 Å². The molecule has 0 aromatic rings. The fraction of sp³-hybridized carbons (Fsp3) is 1.00. The molecule has 0 bridgehead atoms. The zero-order chi connectivity index (χ0) is 12.0. The molecule has 1 heterocycles. The topological polar surface area (TPSA) is 15.3 Å². The summed E-state index contributed by atoms with van der Waals surface area (Å²) in [5.74, 6) is 2.18. The van der Waals surface area contributed by atoms with Gasteiger partial charge in [0.25, 0.3) is 0 Å². The Hall–Kier alpha value is 0.270. The summed E-state index contributed by atoms with van der Waals surface area (Å²) in [5.41, 5.74) is 0.270. The average Bonchev–Trinajstić information content (AvgIpc) is 2.62. The number of hydrogen-bond donors (Lipinski definition) is 1. The molecule has 1 rings (SSSR count). The van der Waals surface area contributed by atoms with Crippen LogP contribution in [0, 0.1) is 5.92 Å². The lowest BCUT2D eigenvalue weighted by molar-refractivity contribution is 0.313. The first-order valence-electron chi connectivity index (χ1n) is 6.47. The predicted octanol–water partition coefficient (Wildman–Crippen LogP) is 2.45. The monoisotopic (exact) mass is 244 g/mol. The van der Waals surface area contributed by atoms with Gasteiger partial charge in [-0.1, -0.05) is 0 Å². The van der Waals surface area contributed by atoms with Crippen LogP contribution >= 0.6 is 11.8 Å². The molecule has 3 heteroatoms. The lowest BCUT2D eigenvalue weighted by Crippen LogP contribution is -2.39. The average molecular weight is 244 g/mol. The van der Waals surface area contributed by atoms with E-state index in [2.05, 4.69) is 37.2 Å². The van der Waals surface area contributed by atoms with Gasteiger partial charge >= 0.3 is 0 Å². The van der Waals surface area contributed by atoms with Crippen LogP contribution in [0.4, 0.5) is 0 Å². The highest BCUT2D eigenvalue weighted by atomic mass is 32.2. The molecule has 0 aliphatic carbocycles. The molecule has 0 aromatic carbocycles. The Labute approximate surface area is 106 Å². The van der Waals surface area contributed by atoms with Gasteiger partial charge in [-0.3, -0.25) is 0 Å². The molecule has 16 heavy (non-hydrogen) atoms. The first-order valence-corrected chi connectivity index (χ1v) is 7.87. The van der Waals surface area contributed by atoms with Crippen molar-refractivity contribution in [2.45, 2.75) is 39.2 Å². The maximum absolute atomic E-state index is 3.62. The summed E-state index contributed by atoms with van der Waals surface area (Å²) in [6.45, 7) is 11.8. The first-order chi connectivity index (χ1) is 7.51. The summed E-state index contributed by atoms with van der Waals surface area (Å²) in [6.07, 6.45) is 4.92. The zero-order valence-electron chi connectivity index (χ0n) is 11.4. The van der Waals surface area contributed by atoms with Crippen LogP contribution in [0.25, 0.3) is 0 Å². The van der Waals surface area contributed by atoms with Gasteiger partial charge in [-0.15, -0.1) is 0 Å². The Morgan fingerprint density at radius 2 is 2.12 bits per heavy atom. The van der Waals surface area contributed by atoms with E-state index in [1.54, 1.807) is 0 Å². The van der Waals surface area contributed by atoms with Crippen LogP contribution in [-0.4, -0.2) is 48.6 Å². The van der Waals surface area contributed by atoms with Gasteiger partial charge in [0.15, 0.2) is 0 Å². The number of likely N-dealkylation sites (tertiary alicyclic amines) is 1. The van der Waals surface area contributed by atoms with E-state index in [1.165, 1.54) is 44.8 Å². The highest BCUT2D eigenvalue weighted by molar-refractivity contribution is 7.98. The van der Waals surface area contributed by atoms with Gasteiger partial charge < -0.3 is 10.2 Å². The molecular formula is C13H28N2S. The molecule has 2 nitrogen and oxygen atoms in total. The summed E-state index contributed by atoms with van der Waals surface area (Å²) >= 11 is 1.96. The molecule has 0 amide bonds. The molecule has 1 atom stereocenters. The summed E-state index contributed by atoms with van der Waals surface area (Å²) < 4.78 is 0. The van der Waals surface area contributed by atoms with Crippen LogP contribution in [0.1, 0.15) is 33.6 Å². The summed E-state index contributed by atoms with van der Waals surface area (Å²) in [7, 11) is 0. The highest BCUT2D eigenvalue weighted by Gasteiger charge is 2.22. The smallest absolute Gasteiger partial charge is 0.00966 e. The third-order valence-corrected chi connectivity index (χ3v) is 3.81. The number of hydrogen-bond acceptors (Lipinski definition) is 3. The van der Waals surface area contributed by atoms with Crippen LogP contribution in [-0.2, 0) is 0 Å². The van der Waals surface area contributed by atoms with E-state index >= 15 is 0 Å². The van der Waals surface area contributed by atoms with Gasteiger partial charge in [0.2, 0.25) is 0 Å². The zero-order valence-corrected chi connectivity index (χ0v) is 12.2. The molecule has 1 aliphatic rings. The molecule has 0 radical (unpaired) electrons. The minimum absolute atomic E-state index is 0.270. The lowest BCUT2D eigenvalue weighted by atomic mass is 10.1. The molecule has 0 aromatic heterocycles. The maximum Gasteiger partial charge on any atom is 0.00966 e. The van der Waals surface area contributed by atoms with Crippen LogP contribution < -0.4 is 5.32 Å². The minimum Gasteiger partial charge on any atom is -0.312 e. The predicted molar refractivity (Wildman–Crippen MR) is 75.3 cm³/mol. The Balaban J connectivity index is 2.10. The van der Waals surface area contributed by atoms with Gasteiger partial charge in [-0.25, -0.2) is 0 Å². The van der Waals surface area contributed by atoms with Crippen molar-refractivity contribution in [2.24, 2.45) is 5.92 Å². The normalized spacial score (nSPS) is 22.9. The van der Waals surface area contributed by atoms with E-state index in [9.17, 15) is 0 Å². The van der Waals surface area contributed by atoms with Gasteiger partial charge in [-0.2, -0.15) is 11.8 Å². The van der Waals surface area contributed by atoms with Crippen molar-refractivity contribution >= 4 is 11.8 Å². The first kappa shape index (κ1) is 14.3. The molecule has 1 N–H and O–H groups in total. The molecule has 1 fully saturated rings. The third kappa shape index (κ3) is 6.12. The molecule has 1 aliphatic heterocycles. The summed E-state index contributed by atoms with van der Waals surface area (Å²) in [5, 5.41) is 3.62. The van der Waals surface area contributed by atoms with Crippen molar-refractivity contribution in [2.75, 3.05) is 38.2 Å². The quantitative estimate of drug-likeness (QED) is 0.723. The van der Waals surface area contributed by atoms with Crippen molar-refractivity contribution in [3.05, 3.63) is 0 Å². The van der Waals surface area contributed by atoms with Gasteiger partial charge in [-0.05, 0) is 71.2 Å². The molecule has 1 saturated heterocycles. The number of rotatable bonds is 6. The van der Waals surface area contributed by atoms with E-state index < -0.39 is 0 Å². The number of nitrogens with zero attached hydrogens (tertiary/aromatic N) is 1. The fourth-order valence-corrected chi connectivity index (χ4v) is 2.58. The largest absolute Gasteiger partial charge is 0.312 e. The van der Waals surface area contributed by atoms with Gasteiger partial charge in [0, 0.05) is 12.1 Å². The second-order valence-corrected chi connectivity index (χ2v) is 6.92. The molecule has 0 saturated carbocycles. The molecular weight excluding hydrogens is 216 g/mol. The minimum atomic E-state index is 0.270. The van der Waals surface area contributed by atoms with Gasteiger partial charge in [0.05, 0.1) is 0 Å². The SMILES string of the molecule is CSCCCN1CCC(CNC(C)(C)C)C1. The number of nitrogens with one attached hydrogen (secondary N) is 1. The van der Waals surface area contributed by atoms with E-state index in [0.717, 1.165) is 5.92 Å². The van der Waals surface area contributed by atoms with Crippen molar-refractivity contribution in [3.8, 4) is 0 Å². The Morgan fingerprint density at radius 1 is 1.38 bits per heavy atom. The highest BCUT2D eigenvalue weighted by Crippen LogP contribution is 2.16. The second kappa shape index (κ2) is 6.87. The van der Waals surface area contributed by atoms with Crippen LogP contribution in [0.3, 0.4) is 0 Å². The molecule has 96 valence electrons. The molecule has 1 unspecified atom stereocenters. The Bertz CT molecular complexity index is 189. The van der Waals surface area contributed by atoms with Gasteiger partial charge in [0.1, 0.15) is 0 Å². The van der Waals surface area contributed by atoms with Crippen molar-refractivity contribution in [1.82, 2.24) is 10.2 Å². The van der Waals surface area contributed by atoms with Crippen molar-refractivity contribution < 1.29 is 0 Å². The molecule has 0 spiro atoms. The standard InChI is InChI=1S/C13H28N2S/c1-13(2,3)14-10-12-6-8-15(11-12)7-5-9-16-4/h12,14H,5-11H2,1-4H3. The van der Waals surface area contributed by atoms with Crippen LogP contribution in [0.2, 0.25) is 0 Å². The second-order valence-electron chi connectivity index (χ2n) is 5.93. The van der Waals surface area contributed by atoms with Crippen molar-refractivity contribution in [1.29, 1.82) is 0 Å². The van der Waals surface area contributed by atoms with E-state index in [1.807, 2.05) is 11.8 Å². The van der Waals surface area contributed by atoms with E-state index in [4.69, 9.17) is 0 Å². The number of thioether (sulfide) groups is 1. The Kier molecular flexibility index (Phi) is 6.16. The van der Waals surface area contributed by atoms with Crippen LogP contribution in [0.15, 0.2) is 0 Å². The summed E-state index contributed by atoms with van der Waals surface area (Å²) in [4.78, 5) is 2.63. The maximum atomic E-state index is 3.62. The summed E-state index contributed by atoms with van der Waals surface area (Å²) in [6, 6.07) is 0. The lowest BCUT2D eigenvalue weighted by Gasteiger charge is -2.23.